The fourth-order valence-electron chi connectivity index (χ4n) is 0.587. The summed E-state index contributed by atoms with van der Waals surface area (Å²) in [6, 6.07) is 0. The Kier molecular flexibility index (Phi) is 6.36. The van der Waals surface area contributed by atoms with Crippen LogP contribution in [0.5, 0.6) is 0 Å². The van der Waals surface area contributed by atoms with Crippen molar-refractivity contribution >= 4 is 17.7 Å². The van der Waals surface area contributed by atoms with Crippen molar-refractivity contribution in [1.29, 1.82) is 0 Å². The van der Waals surface area contributed by atoms with Gasteiger partial charge in [0.2, 0.25) is 5.91 Å². The first kappa shape index (κ1) is 10.8. The van der Waals surface area contributed by atoms with Gasteiger partial charge >= 0.3 is 0 Å². The van der Waals surface area contributed by atoms with Crippen molar-refractivity contribution in [3.63, 3.8) is 0 Å². The van der Waals surface area contributed by atoms with E-state index in [2.05, 4.69) is 0 Å². The van der Waals surface area contributed by atoms with Crippen molar-refractivity contribution in [3.05, 3.63) is 0 Å². The van der Waals surface area contributed by atoms with Gasteiger partial charge < -0.3 is 9.64 Å². The van der Waals surface area contributed by atoms with Crippen molar-refractivity contribution in [3.8, 4) is 0 Å². The molecule has 0 heterocycles. The predicted molar refractivity (Wildman–Crippen MR) is 47.9 cm³/mol. The third-order valence-electron chi connectivity index (χ3n) is 1.32. The van der Waals surface area contributed by atoms with Crippen molar-refractivity contribution in [2.75, 3.05) is 39.3 Å². The average Bonchev–Trinajstić information content (AvgIpc) is 2.00. The highest BCUT2D eigenvalue weighted by Gasteiger charge is 2.05. The molecule has 0 aliphatic heterocycles. The van der Waals surface area contributed by atoms with Gasteiger partial charge in [-0.3, -0.25) is 4.79 Å². The standard InChI is InChI=1S/C7H15NO2S/c1-8(4-5-11-3)7(9)6-10-2/h4-6H2,1-3H3. The molecule has 0 aromatic rings. The molecule has 0 fully saturated rings. The molecule has 0 aromatic heterocycles. The van der Waals surface area contributed by atoms with Gasteiger partial charge in [0.05, 0.1) is 0 Å². The van der Waals surface area contributed by atoms with Crippen LogP contribution in [0, 0.1) is 0 Å². The van der Waals surface area contributed by atoms with Gasteiger partial charge in [-0.2, -0.15) is 11.8 Å². The summed E-state index contributed by atoms with van der Waals surface area (Å²) in [6.07, 6.45) is 2.02. The summed E-state index contributed by atoms with van der Waals surface area (Å²) >= 11 is 1.73. The maximum absolute atomic E-state index is 11.0. The number of nitrogens with zero attached hydrogens (tertiary/aromatic N) is 1. The van der Waals surface area contributed by atoms with E-state index < -0.39 is 0 Å². The minimum Gasteiger partial charge on any atom is -0.375 e. The molecule has 0 aromatic carbocycles. The molecule has 0 aliphatic carbocycles. The van der Waals surface area contributed by atoms with Gasteiger partial charge in [0.1, 0.15) is 6.61 Å². The number of amides is 1. The predicted octanol–water partition coefficient (Wildman–Crippen LogP) is 0.454. The molecule has 0 unspecified atom stereocenters. The third-order valence-corrected chi connectivity index (χ3v) is 1.92. The highest BCUT2D eigenvalue weighted by Crippen LogP contribution is 1.93. The van der Waals surface area contributed by atoms with Crippen LogP contribution >= 0.6 is 11.8 Å². The van der Waals surface area contributed by atoms with E-state index in [-0.39, 0.29) is 12.5 Å². The van der Waals surface area contributed by atoms with Crippen LogP contribution in [-0.2, 0) is 9.53 Å². The molecule has 0 spiro atoms. The van der Waals surface area contributed by atoms with Gasteiger partial charge in [-0.05, 0) is 6.26 Å². The molecule has 0 rings (SSSR count). The molecule has 0 aliphatic rings. The Morgan fingerprint density at radius 3 is 2.73 bits per heavy atom. The maximum atomic E-state index is 11.0. The molecule has 0 N–H and O–H groups in total. The van der Waals surface area contributed by atoms with Crippen LogP contribution in [0.3, 0.4) is 0 Å². The van der Waals surface area contributed by atoms with Crippen molar-refractivity contribution < 1.29 is 9.53 Å². The van der Waals surface area contributed by atoms with E-state index >= 15 is 0 Å². The number of rotatable bonds is 5. The molecule has 0 radical (unpaired) electrons. The second kappa shape index (κ2) is 6.49. The van der Waals surface area contributed by atoms with Gasteiger partial charge in [-0.1, -0.05) is 0 Å². The highest BCUT2D eigenvalue weighted by atomic mass is 32.2. The van der Waals surface area contributed by atoms with Crippen molar-refractivity contribution in [1.82, 2.24) is 4.90 Å². The number of carbonyl (C=O) groups is 1. The maximum Gasteiger partial charge on any atom is 0.248 e. The van der Waals surface area contributed by atoms with Crippen LogP contribution in [0.4, 0.5) is 0 Å². The largest absolute Gasteiger partial charge is 0.375 e. The summed E-state index contributed by atoms with van der Waals surface area (Å²) in [6.45, 7) is 0.980. The normalized spacial score (nSPS) is 9.73. The number of methoxy groups -OCH3 is 1. The van der Waals surface area contributed by atoms with Crippen molar-refractivity contribution in [2.24, 2.45) is 0 Å². The molecule has 0 saturated carbocycles. The number of likely N-dealkylation sites (N-methyl/N-ethyl adjacent to an activating group) is 1. The molecular weight excluding hydrogens is 162 g/mol. The average molecular weight is 177 g/mol. The van der Waals surface area contributed by atoms with Crippen LogP contribution in [0.2, 0.25) is 0 Å². The fraction of sp³-hybridized carbons (Fsp3) is 0.857. The molecule has 66 valence electrons. The van der Waals surface area contributed by atoms with Gasteiger partial charge in [-0.25, -0.2) is 0 Å². The zero-order valence-corrected chi connectivity index (χ0v) is 8.11. The van der Waals surface area contributed by atoms with E-state index in [1.54, 1.807) is 23.7 Å². The summed E-state index contributed by atoms with van der Waals surface area (Å²) in [5.41, 5.74) is 0. The van der Waals surface area contributed by atoms with E-state index in [1.165, 1.54) is 7.11 Å². The molecule has 1 amide bonds. The quantitative estimate of drug-likeness (QED) is 0.611. The summed E-state index contributed by atoms with van der Waals surface area (Å²) < 4.78 is 4.71. The van der Waals surface area contributed by atoms with Gasteiger partial charge in [0.25, 0.3) is 0 Å². The molecule has 0 atom stereocenters. The van der Waals surface area contributed by atoms with Gasteiger partial charge in [0, 0.05) is 26.5 Å². The SMILES string of the molecule is COCC(=O)N(C)CCSC. The topological polar surface area (TPSA) is 29.5 Å². The van der Waals surface area contributed by atoms with Crippen LogP contribution in [-0.4, -0.2) is 50.1 Å². The third kappa shape index (κ3) is 5.09. The first-order chi connectivity index (χ1) is 5.22. The first-order valence-corrected chi connectivity index (χ1v) is 4.83. The van der Waals surface area contributed by atoms with Gasteiger partial charge in [0.15, 0.2) is 0 Å². The minimum atomic E-state index is 0.0431. The van der Waals surface area contributed by atoms with Crippen LogP contribution in [0.25, 0.3) is 0 Å². The second-order valence-corrected chi connectivity index (χ2v) is 3.23. The summed E-state index contributed by atoms with van der Waals surface area (Å²) in [7, 11) is 3.32. The van der Waals surface area contributed by atoms with Crippen molar-refractivity contribution in [2.45, 2.75) is 0 Å². The molecule has 11 heavy (non-hydrogen) atoms. The lowest BCUT2D eigenvalue weighted by molar-refractivity contribution is -0.133. The lowest BCUT2D eigenvalue weighted by atomic mass is 10.5. The van der Waals surface area contributed by atoms with E-state index in [9.17, 15) is 4.79 Å². The Labute approximate surface area is 72.1 Å². The Morgan fingerprint density at radius 2 is 2.27 bits per heavy atom. The summed E-state index contributed by atoms with van der Waals surface area (Å²) in [5, 5.41) is 0. The monoisotopic (exact) mass is 177 g/mol. The summed E-state index contributed by atoms with van der Waals surface area (Å²) in [5.74, 6) is 1.02. The van der Waals surface area contributed by atoms with E-state index in [0.717, 1.165) is 12.3 Å². The molecule has 3 nitrogen and oxygen atoms in total. The van der Waals surface area contributed by atoms with E-state index in [4.69, 9.17) is 4.74 Å². The Balaban J connectivity index is 3.46. The minimum absolute atomic E-state index is 0.0431. The first-order valence-electron chi connectivity index (χ1n) is 3.44. The molecule has 4 heteroatoms. The number of hydrogen-bond donors (Lipinski definition) is 0. The van der Waals surface area contributed by atoms with E-state index in [1.807, 2.05) is 6.26 Å². The number of ether oxygens (including phenoxy) is 1. The number of thioether (sulfide) groups is 1. The smallest absolute Gasteiger partial charge is 0.248 e. The molecule has 0 saturated heterocycles. The Hall–Kier alpha value is -0.220. The van der Waals surface area contributed by atoms with Crippen LogP contribution in [0.1, 0.15) is 0 Å². The Morgan fingerprint density at radius 1 is 1.64 bits per heavy atom. The number of carbonyl (C=O) groups excluding carboxylic acids is 1. The lowest BCUT2D eigenvalue weighted by Crippen LogP contribution is -2.31. The number of hydrogen-bond acceptors (Lipinski definition) is 3. The molecular formula is C7H15NO2S. The molecule has 0 bridgehead atoms. The zero-order chi connectivity index (χ0) is 8.69. The zero-order valence-electron chi connectivity index (χ0n) is 7.29. The lowest BCUT2D eigenvalue weighted by Gasteiger charge is -2.15. The fourth-order valence-corrected chi connectivity index (χ4v) is 1.04. The Bertz CT molecular complexity index is 119. The van der Waals surface area contributed by atoms with Crippen LogP contribution in [0.15, 0.2) is 0 Å². The highest BCUT2D eigenvalue weighted by molar-refractivity contribution is 7.98. The van der Waals surface area contributed by atoms with Gasteiger partial charge in [-0.15, -0.1) is 0 Å². The van der Waals surface area contributed by atoms with E-state index in [0.29, 0.717) is 0 Å². The second-order valence-electron chi connectivity index (χ2n) is 2.24. The van der Waals surface area contributed by atoms with Crippen LogP contribution < -0.4 is 0 Å². The summed E-state index contributed by atoms with van der Waals surface area (Å²) in [4.78, 5) is 12.7.